The number of nitrogens with two attached hydrogens (primary N) is 1. The first-order chi connectivity index (χ1) is 12.1. The zero-order valence-corrected chi connectivity index (χ0v) is 13.7. The SMILES string of the molecule is Cc1ccc(C(N)=O)cc1NC(=O)[C@H](c1ccccc1)n1cccn1. The number of nitrogens with one attached hydrogen (secondary N) is 1. The molecule has 0 bridgehead atoms. The Morgan fingerprint density at radius 3 is 2.52 bits per heavy atom. The third-order valence-electron chi connectivity index (χ3n) is 3.93. The van der Waals surface area contributed by atoms with Gasteiger partial charge >= 0.3 is 0 Å². The standard InChI is InChI=1S/C19H18N4O2/c1-13-8-9-15(18(20)24)12-16(13)22-19(25)17(23-11-5-10-21-23)14-6-3-2-4-7-14/h2-12,17H,1H3,(H2,20,24)(H,22,25)/t17-/m0/s1. The van der Waals surface area contributed by atoms with Gasteiger partial charge in [0.25, 0.3) is 5.91 Å². The molecule has 3 rings (SSSR count). The lowest BCUT2D eigenvalue weighted by atomic mass is 10.1. The van der Waals surface area contributed by atoms with Crippen LogP contribution in [0.25, 0.3) is 0 Å². The van der Waals surface area contributed by atoms with Gasteiger partial charge in [-0.25, -0.2) is 0 Å². The maximum Gasteiger partial charge on any atom is 0.253 e. The fourth-order valence-electron chi connectivity index (χ4n) is 2.60. The van der Waals surface area contributed by atoms with Gasteiger partial charge in [-0.1, -0.05) is 36.4 Å². The molecule has 0 aliphatic rings. The number of aryl methyl sites for hydroxylation is 1. The summed E-state index contributed by atoms with van der Waals surface area (Å²) in [6.07, 6.45) is 3.37. The average Bonchev–Trinajstić information content (AvgIpc) is 3.12. The van der Waals surface area contributed by atoms with E-state index < -0.39 is 11.9 Å². The molecule has 1 atom stereocenters. The fourth-order valence-corrected chi connectivity index (χ4v) is 2.60. The van der Waals surface area contributed by atoms with Crippen molar-refractivity contribution in [1.82, 2.24) is 9.78 Å². The Morgan fingerprint density at radius 1 is 1.12 bits per heavy atom. The number of carbonyl (C=O) groups excluding carboxylic acids is 2. The lowest BCUT2D eigenvalue weighted by molar-refractivity contribution is -0.118. The van der Waals surface area contributed by atoms with E-state index >= 15 is 0 Å². The molecule has 6 heteroatoms. The summed E-state index contributed by atoms with van der Waals surface area (Å²) < 4.78 is 1.60. The van der Waals surface area contributed by atoms with Crippen molar-refractivity contribution < 1.29 is 9.59 Å². The van der Waals surface area contributed by atoms with E-state index in [1.807, 2.05) is 37.3 Å². The number of nitrogens with zero attached hydrogens (tertiary/aromatic N) is 2. The van der Waals surface area contributed by atoms with E-state index in [9.17, 15) is 9.59 Å². The number of amides is 2. The summed E-state index contributed by atoms with van der Waals surface area (Å²) >= 11 is 0. The van der Waals surface area contributed by atoms with Gasteiger partial charge in [-0.2, -0.15) is 5.10 Å². The summed E-state index contributed by atoms with van der Waals surface area (Å²) in [5.41, 5.74) is 7.87. The zero-order chi connectivity index (χ0) is 17.8. The van der Waals surface area contributed by atoms with Gasteiger partial charge in [0.1, 0.15) is 0 Å². The molecular weight excluding hydrogens is 316 g/mol. The number of benzene rings is 2. The largest absolute Gasteiger partial charge is 0.366 e. The van der Waals surface area contributed by atoms with Crippen molar-refractivity contribution in [3.8, 4) is 0 Å². The Hall–Kier alpha value is -3.41. The van der Waals surface area contributed by atoms with Crippen LogP contribution in [0, 0.1) is 6.92 Å². The van der Waals surface area contributed by atoms with Crippen molar-refractivity contribution in [3.63, 3.8) is 0 Å². The number of anilines is 1. The van der Waals surface area contributed by atoms with Gasteiger partial charge in [0.05, 0.1) is 0 Å². The molecule has 3 N–H and O–H groups in total. The molecule has 3 aromatic rings. The highest BCUT2D eigenvalue weighted by Crippen LogP contribution is 2.22. The topological polar surface area (TPSA) is 90.0 Å². The van der Waals surface area contributed by atoms with Gasteiger partial charge < -0.3 is 11.1 Å². The van der Waals surface area contributed by atoms with Crippen LogP contribution in [0.5, 0.6) is 0 Å². The normalized spacial score (nSPS) is 11.7. The van der Waals surface area contributed by atoms with Crippen molar-refractivity contribution in [2.45, 2.75) is 13.0 Å². The number of primary amides is 1. The van der Waals surface area contributed by atoms with Gasteiger partial charge in [-0.15, -0.1) is 0 Å². The summed E-state index contributed by atoms with van der Waals surface area (Å²) in [7, 11) is 0. The Kier molecular flexibility index (Phi) is 4.61. The van der Waals surface area contributed by atoms with Crippen LogP contribution in [0.1, 0.15) is 27.5 Å². The van der Waals surface area contributed by atoms with Crippen LogP contribution in [0.3, 0.4) is 0 Å². The molecule has 0 spiro atoms. The maximum atomic E-state index is 13.0. The first-order valence-corrected chi connectivity index (χ1v) is 7.81. The summed E-state index contributed by atoms with van der Waals surface area (Å²) in [6.45, 7) is 1.85. The highest BCUT2D eigenvalue weighted by Gasteiger charge is 2.23. The molecule has 0 aliphatic carbocycles. The molecular formula is C19H18N4O2. The number of carbonyl (C=O) groups is 2. The van der Waals surface area contributed by atoms with Crippen LogP contribution in [-0.4, -0.2) is 21.6 Å². The molecule has 0 aliphatic heterocycles. The van der Waals surface area contributed by atoms with Crippen LogP contribution in [0.2, 0.25) is 0 Å². The number of hydrogen-bond acceptors (Lipinski definition) is 3. The Labute approximate surface area is 145 Å². The molecule has 1 heterocycles. The molecule has 0 fully saturated rings. The van der Waals surface area contributed by atoms with Crippen molar-refractivity contribution in [2.75, 3.05) is 5.32 Å². The molecule has 6 nitrogen and oxygen atoms in total. The Bertz CT molecular complexity index is 889. The van der Waals surface area contributed by atoms with E-state index in [-0.39, 0.29) is 5.91 Å². The molecule has 25 heavy (non-hydrogen) atoms. The molecule has 126 valence electrons. The van der Waals surface area contributed by atoms with Gasteiger partial charge in [0.2, 0.25) is 5.91 Å². The zero-order valence-electron chi connectivity index (χ0n) is 13.7. The second-order valence-electron chi connectivity index (χ2n) is 5.68. The maximum absolute atomic E-state index is 13.0. The number of aromatic nitrogens is 2. The lowest BCUT2D eigenvalue weighted by Crippen LogP contribution is -2.28. The molecule has 0 radical (unpaired) electrons. The minimum atomic E-state index is -0.618. The summed E-state index contributed by atoms with van der Waals surface area (Å²) in [4.78, 5) is 24.3. The van der Waals surface area contributed by atoms with E-state index in [0.717, 1.165) is 11.1 Å². The number of rotatable bonds is 5. The average molecular weight is 334 g/mol. The Morgan fingerprint density at radius 2 is 1.88 bits per heavy atom. The van der Waals surface area contributed by atoms with E-state index in [1.165, 1.54) is 0 Å². The Balaban J connectivity index is 1.94. The highest BCUT2D eigenvalue weighted by molar-refractivity contribution is 5.99. The quantitative estimate of drug-likeness (QED) is 0.751. The van der Waals surface area contributed by atoms with Crippen molar-refractivity contribution in [1.29, 1.82) is 0 Å². The molecule has 0 saturated heterocycles. The lowest BCUT2D eigenvalue weighted by Gasteiger charge is -2.19. The van der Waals surface area contributed by atoms with E-state index in [2.05, 4.69) is 10.4 Å². The van der Waals surface area contributed by atoms with E-state index in [0.29, 0.717) is 11.3 Å². The summed E-state index contributed by atoms with van der Waals surface area (Å²) in [5, 5.41) is 7.09. The molecule has 1 aromatic heterocycles. The van der Waals surface area contributed by atoms with Crippen LogP contribution < -0.4 is 11.1 Å². The predicted molar refractivity (Wildman–Crippen MR) is 95.1 cm³/mol. The second-order valence-corrected chi connectivity index (χ2v) is 5.68. The van der Waals surface area contributed by atoms with Gasteiger partial charge in [-0.05, 0) is 36.2 Å². The molecule has 2 amide bonds. The van der Waals surface area contributed by atoms with E-state index in [4.69, 9.17) is 5.73 Å². The minimum Gasteiger partial charge on any atom is -0.366 e. The second kappa shape index (κ2) is 7.00. The van der Waals surface area contributed by atoms with Gasteiger partial charge in [0, 0.05) is 23.6 Å². The monoisotopic (exact) mass is 334 g/mol. The van der Waals surface area contributed by atoms with Gasteiger partial charge in [0.15, 0.2) is 6.04 Å². The smallest absolute Gasteiger partial charge is 0.253 e. The molecule has 0 saturated carbocycles. The molecule has 0 unspecified atom stereocenters. The van der Waals surface area contributed by atoms with Crippen LogP contribution in [-0.2, 0) is 4.79 Å². The van der Waals surface area contributed by atoms with Crippen molar-refractivity contribution in [2.24, 2.45) is 5.73 Å². The minimum absolute atomic E-state index is 0.250. The number of hydrogen-bond donors (Lipinski definition) is 2. The van der Waals surface area contributed by atoms with Crippen molar-refractivity contribution in [3.05, 3.63) is 83.7 Å². The predicted octanol–water partition coefficient (Wildman–Crippen LogP) is 2.52. The van der Waals surface area contributed by atoms with E-state index in [1.54, 1.807) is 41.3 Å². The highest BCUT2D eigenvalue weighted by atomic mass is 16.2. The summed E-state index contributed by atoms with van der Waals surface area (Å²) in [6, 6.07) is 15.5. The molecule has 2 aromatic carbocycles. The third kappa shape index (κ3) is 3.58. The van der Waals surface area contributed by atoms with Crippen molar-refractivity contribution >= 4 is 17.5 Å². The first kappa shape index (κ1) is 16.4. The van der Waals surface area contributed by atoms with Crippen LogP contribution in [0.15, 0.2) is 67.0 Å². The first-order valence-electron chi connectivity index (χ1n) is 7.81. The third-order valence-corrected chi connectivity index (χ3v) is 3.93. The van der Waals surface area contributed by atoms with Gasteiger partial charge in [-0.3, -0.25) is 14.3 Å². The van der Waals surface area contributed by atoms with Crippen LogP contribution >= 0.6 is 0 Å². The fraction of sp³-hybridized carbons (Fsp3) is 0.105. The summed E-state index contributed by atoms with van der Waals surface area (Å²) in [5.74, 6) is -0.790. The van der Waals surface area contributed by atoms with Crippen LogP contribution in [0.4, 0.5) is 5.69 Å².